The molecule has 0 aliphatic heterocycles. The van der Waals surface area contributed by atoms with Crippen LogP contribution in [0.25, 0.3) is 0 Å². The molecule has 0 aromatic rings. The molecule has 2 atom stereocenters. The lowest BCUT2D eigenvalue weighted by molar-refractivity contribution is -0.119. The summed E-state index contributed by atoms with van der Waals surface area (Å²) in [6, 6.07) is 0. The average molecular weight is 253 g/mol. The number of ether oxygens (including phenoxy) is 1. The normalized spacial score (nSPS) is 37.2. The molecule has 0 amide bonds. The molecule has 2 saturated carbocycles. The Morgan fingerprint density at radius 1 is 0.944 bits per heavy atom. The van der Waals surface area contributed by atoms with Gasteiger partial charge in [-0.3, -0.25) is 0 Å². The minimum atomic E-state index is 0.0119. The molecule has 0 saturated heterocycles. The zero-order valence-electron chi connectivity index (χ0n) is 12.3. The predicted molar refractivity (Wildman–Crippen MR) is 76.5 cm³/mol. The summed E-state index contributed by atoms with van der Waals surface area (Å²) < 4.78 is 6.56. The maximum absolute atomic E-state index is 6.56. The summed E-state index contributed by atoms with van der Waals surface area (Å²) in [5.41, 5.74) is 6.08. The molecule has 0 aromatic heterocycles. The first-order valence-corrected chi connectivity index (χ1v) is 8.01. The summed E-state index contributed by atoms with van der Waals surface area (Å²) in [6.07, 6.45) is 12.0. The average Bonchev–Trinajstić information content (AvgIpc) is 2.54. The van der Waals surface area contributed by atoms with Crippen LogP contribution in [0.2, 0.25) is 0 Å². The van der Waals surface area contributed by atoms with E-state index in [1.807, 2.05) is 0 Å². The smallest absolute Gasteiger partial charge is 0.0807 e. The standard InChI is InChI=1S/C16H31NO/c1-13-9-14(2)11-15(10-13)18-16(12-17)7-5-3-4-6-8-16/h13-15H,3-12,17H2,1-2H3. The van der Waals surface area contributed by atoms with Crippen molar-refractivity contribution in [2.24, 2.45) is 17.6 Å². The number of rotatable bonds is 3. The Balaban J connectivity index is 1.95. The third-order valence-corrected chi connectivity index (χ3v) is 4.94. The van der Waals surface area contributed by atoms with Gasteiger partial charge in [-0.2, -0.15) is 0 Å². The van der Waals surface area contributed by atoms with E-state index in [1.54, 1.807) is 0 Å². The van der Waals surface area contributed by atoms with Crippen LogP contribution in [-0.4, -0.2) is 18.2 Å². The van der Waals surface area contributed by atoms with Gasteiger partial charge < -0.3 is 10.5 Å². The van der Waals surface area contributed by atoms with Crippen LogP contribution < -0.4 is 5.73 Å². The minimum absolute atomic E-state index is 0.0119. The molecular formula is C16H31NO. The molecule has 0 bridgehead atoms. The summed E-state index contributed by atoms with van der Waals surface area (Å²) >= 11 is 0. The van der Waals surface area contributed by atoms with E-state index in [4.69, 9.17) is 10.5 Å². The van der Waals surface area contributed by atoms with Gasteiger partial charge >= 0.3 is 0 Å². The summed E-state index contributed by atoms with van der Waals surface area (Å²) in [4.78, 5) is 0. The van der Waals surface area contributed by atoms with Crippen LogP contribution >= 0.6 is 0 Å². The van der Waals surface area contributed by atoms with E-state index in [9.17, 15) is 0 Å². The topological polar surface area (TPSA) is 35.2 Å². The van der Waals surface area contributed by atoms with Gasteiger partial charge in [-0.25, -0.2) is 0 Å². The lowest BCUT2D eigenvalue weighted by Gasteiger charge is -2.40. The fraction of sp³-hybridized carbons (Fsp3) is 1.00. The zero-order chi connectivity index (χ0) is 13.0. The lowest BCUT2D eigenvalue weighted by atomic mass is 9.81. The first-order valence-electron chi connectivity index (χ1n) is 8.01. The van der Waals surface area contributed by atoms with Gasteiger partial charge in [0.05, 0.1) is 11.7 Å². The minimum Gasteiger partial charge on any atom is -0.370 e. The van der Waals surface area contributed by atoms with Crippen LogP contribution in [0.1, 0.15) is 71.6 Å². The molecule has 2 heteroatoms. The van der Waals surface area contributed by atoms with Gasteiger partial charge in [-0.15, -0.1) is 0 Å². The van der Waals surface area contributed by atoms with E-state index in [-0.39, 0.29) is 5.60 Å². The Labute approximate surface area is 113 Å². The van der Waals surface area contributed by atoms with Gasteiger partial charge in [0.25, 0.3) is 0 Å². The molecule has 2 nitrogen and oxygen atoms in total. The third kappa shape index (κ3) is 3.71. The Kier molecular flexibility index (Phi) is 5.08. The number of nitrogens with two attached hydrogens (primary N) is 1. The van der Waals surface area contributed by atoms with Gasteiger partial charge in [-0.05, 0) is 43.9 Å². The molecule has 2 aliphatic carbocycles. The van der Waals surface area contributed by atoms with Crippen molar-refractivity contribution in [3.8, 4) is 0 Å². The monoisotopic (exact) mass is 253 g/mol. The van der Waals surface area contributed by atoms with Crippen molar-refractivity contribution in [2.75, 3.05) is 6.54 Å². The second kappa shape index (κ2) is 6.38. The van der Waals surface area contributed by atoms with E-state index in [0.717, 1.165) is 11.8 Å². The second-order valence-electron chi connectivity index (χ2n) is 6.96. The highest BCUT2D eigenvalue weighted by molar-refractivity contribution is 4.87. The Hall–Kier alpha value is -0.0800. The van der Waals surface area contributed by atoms with Gasteiger partial charge in [0.1, 0.15) is 0 Å². The summed E-state index contributed by atoms with van der Waals surface area (Å²) in [5.74, 6) is 1.64. The molecule has 106 valence electrons. The largest absolute Gasteiger partial charge is 0.370 e. The summed E-state index contributed by atoms with van der Waals surface area (Å²) in [6.45, 7) is 5.45. The molecule has 0 aromatic carbocycles. The van der Waals surface area contributed by atoms with Crippen molar-refractivity contribution in [1.82, 2.24) is 0 Å². The summed E-state index contributed by atoms with van der Waals surface area (Å²) in [7, 11) is 0. The number of hydrogen-bond acceptors (Lipinski definition) is 2. The van der Waals surface area contributed by atoms with Crippen LogP contribution in [0.5, 0.6) is 0 Å². The van der Waals surface area contributed by atoms with Crippen molar-refractivity contribution in [1.29, 1.82) is 0 Å². The number of hydrogen-bond donors (Lipinski definition) is 1. The van der Waals surface area contributed by atoms with Gasteiger partial charge in [0.2, 0.25) is 0 Å². The molecule has 0 spiro atoms. The highest BCUT2D eigenvalue weighted by Crippen LogP contribution is 2.37. The molecule has 2 aliphatic rings. The van der Waals surface area contributed by atoms with Crippen LogP contribution in [0.15, 0.2) is 0 Å². The fourth-order valence-electron chi connectivity index (χ4n) is 4.07. The first kappa shape index (κ1) is 14.3. The van der Waals surface area contributed by atoms with Crippen LogP contribution in [0.4, 0.5) is 0 Å². The SMILES string of the molecule is CC1CC(C)CC(OC2(CN)CCCCCC2)C1. The maximum Gasteiger partial charge on any atom is 0.0807 e. The lowest BCUT2D eigenvalue weighted by Crippen LogP contribution is -2.45. The maximum atomic E-state index is 6.56. The van der Waals surface area contributed by atoms with Crippen molar-refractivity contribution in [3.05, 3.63) is 0 Å². The predicted octanol–water partition coefficient (Wildman–Crippen LogP) is 3.88. The highest BCUT2D eigenvalue weighted by atomic mass is 16.5. The molecule has 2 N–H and O–H groups in total. The van der Waals surface area contributed by atoms with E-state index in [2.05, 4.69) is 13.8 Å². The van der Waals surface area contributed by atoms with E-state index >= 15 is 0 Å². The van der Waals surface area contributed by atoms with E-state index in [1.165, 1.54) is 57.8 Å². The molecule has 0 radical (unpaired) electrons. The van der Waals surface area contributed by atoms with Crippen molar-refractivity contribution < 1.29 is 4.74 Å². The van der Waals surface area contributed by atoms with E-state index in [0.29, 0.717) is 12.6 Å². The first-order chi connectivity index (χ1) is 8.63. The van der Waals surface area contributed by atoms with Gasteiger partial charge in [-0.1, -0.05) is 39.5 Å². The Morgan fingerprint density at radius 3 is 2.00 bits per heavy atom. The van der Waals surface area contributed by atoms with Crippen molar-refractivity contribution in [2.45, 2.75) is 83.3 Å². The van der Waals surface area contributed by atoms with Crippen LogP contribution in [0, 0.1) is 11.8 Å². The highest BCUT2D eigenvalue weighted by Gasteiger charge is 2.35. The van der Waals surface area contributed by atoms with Crippen LogP contribution in [-0.2, 0) is 4.74 Å². The molecular weight excluding hydrogens is 222 g/mol. The third-order valence-electron chi connectivity index (χ3n) is 4.94. The van der Waals surface area contributed by atoms with Crippen molar-refractivity contribution in [3.63, 3.8) is 0 Å². The zero-order valence-corrected chi connectivity index (χ0v) is 12.3. The second-order valence-corrected chi connectivity index (χ2v) is 6.96. The molecule has 18 heavy (non-hydrogen) atoms. The quantitative estimate of drug-likeness (QED) is 0.775. The molecule has 0 heterocycles. The fourth-order valence-corrected chi connectivity index (χ4v) is 4.07. The molecule has 2 fully saturated rings. The van der Waals surface area contributed by atoms with Gasteiger partial charge in [0.15, 0.2) is 0 Å². The Morgan fingerprint density at radius 2 is 1.50 bits per heavy atom. The summed E-state index contributed by atoms with van der Waals surface area (Å²) in [5, 5.41) is 0. The van der Waals surface area contributed by atoms with E-state index < -0.39 is 0 Å². The van der Waals surface area contributed by atoms with Crippen molar-refractivity contribution >= 4 is 0 Å². The Bertz CT molecular complexity index is 235. The molecule has 2 unspecified atom stereocenters. The molecule has 2 rings (SSSR count). The van der Waals surface area contributed by atoms with Crippen LogP contribution in [0.3, 0.4) is 0 Å². The van der Waals surface area contributed by atoms with Gasteiger partial charge in [0, 0.05) is 6.54 Å².